The fourth-order valence-corrected chi connectivity index (χ4v) is 5.81. The molecule has 5 rings (SSSR count). The van der Waals surface area contributed by atoms with Gasteiger partial charge in [-0.2, -0.15) is 0 Å². The summed E-state index contributed by atoms with van der Waals surface area (Å²) in [5.41, 5.74) is 2.30. The fraction of sp³-hybridized carbons (Fsp3) is 0.524. The maximum absolute atomic E-state index is 13.5. The van der Waals surface area contributed by atoms with Crippen molar-refractivity contribution in [1.29, 1.82) is 0 Å². The number of carbonyl (C=O) groups is 1. The van der Waals surface area contributed by atoms with Crippen LogP contribution in [0.15, 0.2) is 36.9 Å². The number of carbonyl (C=O) groups excluding carboxylic acids is 1. The van der Waals surface area contributed by atoms with E-state index >= 15 is 0 Å². The highest BCUT2D eigenvalue weighted by atomic mass is 16.2. The average Bonchev–Trinajstić information content (AvgIpc) is 2.96. The van der Waals surface area contributed by atoms with Gasteiger partial charge in [0, 0.05) is 48.0 Å². The van der Waals surface area contributed by atoms with Crippen LogP contribution in [0.4, 0.5) is 0 Å². The van der Waals surface area contributed by atoms with Crippen LogP contribution in [-0.2, 0) is 0 Å². The zero-order chi connectivity index (χ0) is 18.6. The first kappa shape index (κ1) is 16.8. The predicted octanol–water partition coefficient (Wildman–Crippen LogP) is 2.63. The van der Waals surface area contributed by atoms with Gasteiger partial charge in [0.25, 0.3) is 5.91 Å². The second-order valence-electron chi connectivity index (χ2n) is 8.48. The first-order valence-electron chi connectivity index (χ1n) is 9.83. The smallest absolute Gasteiger partial charge is 0.272 e. The molecule has 0 radical (unpaired) electrons. The third-order valence-electron chi connectivity index (χ3n) is 7.09. The lowest BCUT2D eigenvalue weighted by molar-refractivity contribution is 0.0113. The number of nitrogens with zero attached hydrogens (tertiary/aromatic N) is 5. The largest absolute Gasteiger partial charge is 0.332 e. The zero-order valence-electron chi connectivity index (χ0n) is 15.9. The van der Waals surface area contributed by atoms with Crippen LogP contribution < -0.4 is 0 Å². The van der Waals surface area contributed by atoms with E-state index in [2.05, 4.69) is 38.7 Å². The molecule has 6 heteroatoms. The van der Waals surface area contributed by atoms with Crippen molar-refractivity contribution in [3.8, 4) is 11.3 Å². The minimum Gasteiger partial charge on any atom is -0.332 e. The quantitative estimate of drug-likeness (QED) is 0.821. The van der Waals surface area contributed by atoms with Crippen LogP contribution in [0.5, 0.6) is 0 Å². The molecule has 2 aromatic heterocycles. The summed E-state index contributed by atoms with van der Waals surface area (Å²) in [7, 11) is 2.24. The Morgan fingerprint density at radius 3 is 2.78 bits per heavy atom. The summed E-state index contributed by atoms with van der Waals surface area (Å²) in [5.74, 6) is 0.0607. The normalized spacial score (nSPS) is 32.5. The molecular weight excluding hydrogens is 338 g/mol. The number of rotatable bonds is 2. The van der Waals surface area contributed by atoms with Gasteiger partial charge in [0.1, 0.15) is 12.0 Å². The Bertz CT molecular complexity index is 872. The van der Waals surface area contributed by atoms with E-state index in [0.717, 1.165) is 24.2 Å². The van der Waals surface area contributed by atoms with Gasteiger partial charge in [0.15, 0.2) is 0 Å². The van der Waals surface area contributed by atoms with Crippen molar-refractivity contribution in [1.82, 2.24) is 24.8 Å². The van der Waals surface area contributed by atoms with Crippen molar-refractivity contribution < 1.29 is 4.79 Å². The number of hydrogen-bond acceptors (Lipinski definition) is 5. The van der Waals surface area contributed by atoms with Gasteiger partial charge in [-0.15, -0.1) is 0 Å². The lowest BCUT2D eigenvalue weighted by Gasteiger charge is -2.50. The highest BCUT2D eigenvalue weighted by Gasteiger charge is 2.59. The van der Waals surface area contributed by atoms with Gasteiger partial charge in [0.2, 0.25) is 0 Å². The monoisotopic (exact) mass is 363 g/mol. The molecule has 4 heterocycles. The summed E-state index contributed by atoms with van der Waals surface area (Å²) in [4.78, 5) is 30.9. The van der Waals surface area contributed by atoms with Crippen molar-refractivity contribution in [2.75, 3.05) is 13.6 Å². The molecule has 27 heavy (non-hydrogen) atoms. The van der Waals surface area contributed by atoms with Gasteiger partial charge in [-0.25, -0.2) is 15.0 Å². The molecule has 0 aromatic carbocycles. The van der Waals surface area contributed by atoms with E-state index in [1.807, 2.05) is 18.2 Å². The molecule has 140 valence electrons. The second kappa shape index (κ2) is 6.09. The van der Waals surface area contributed by atoms with Crippen LogP contribution >= 0.6 is 0 Å². The molecule has 3 aliphatic rings. The maximum Gasteiger partial charge on any atom is 0.272 e. The summed E-state index contributed by atoms with van der Waals surface area (Å²) in [6.45, 7) is 3.20. The number of likely N-dealkylation sites (tertiary alicyclic amines) is 2. The third kappa shape index (κ3) is 2.50. The number of hydrogen-bond donors (Lipinski definition) is 0. The Kier molecular flexibility index (Phi) is 3.79. The van der Waals surface area contributed by atoms with Crippen molar-refractivity contribution in [3.05, 3.63) is 42.6 Å². The van der Waals surface area contributed by atoms with E-state index in [1.165, 1.54) is 25.6 Å². The number of pyridine rings is 1. The number of likely N-dealkylation sites (N-methyl/N-ethyl adjacent to an activating group) is 1. The molecule has 2 aromatic rings. The molecule has 0 spiro atoms. The van der Waals surface area contributed by atoms with Crippen molar-refractivity contribution in [3.63, 3.8) is 0 Å². The van der Waals surface area contributed by atoms with Crippen LogP contribution in [0.3, 0.4) is 0 Å². The SMILES string of the molecule is CN1[C@@H]2CN(C(=O)c3cccc(-c4cncnc4)n3)[C@@H]3CCC[C@H]1[C@]3(C)C2. The highest BCUT2D eigenvalue weighted by molar-refractivity contribution is 5.93. The molecular formula is C21H25N5O. The lowest BCUT2D eigenvalue weighted by atomic mass is 9.66. The molecule has 4 atom stereocenters. The van der Waals surface area contributed by atoms with E-state index < -0.39 is 0 Å². The number of aromatic nitrogens is 3. The number of fused-ring (bicyclic) bond motifs is 1. The molecule has 6 nitrogen and oxygen atoms in total. The number of piperidine rings is 1. The summed E-state index contributed by atoms with van der Waals surface area (Å²) in [6, 6.07) is 7.01. The van der Waals surface area contributed by atoms with Crippen LogP contribution in [0.1, 0.15) is 43.1 Å². The average molecular weight is 363 g/mol. The Morgan fingerprint density at radius 2 is 1.96 bits per heavy atom. The molecule has 1 amide bonds. The summed E-state index contributed by atoms with van der Waals surface area (Å²) in [6.07, 6.45) is 9.71. The molecule has 0 N–H and O–H groups in total. The highest BCUT2D eigenvalue weighted by Crippen LogP contribution is 2.53. The van der Waals surface area contributed by atoms with Gasteiger partial charge in [0.05, 0.1) is 5.69 Å². The second-order valence-corrected chi connectivity index (χ2v) is 8.48. The Hall–Kier alpha value is -2.34. The van der Waals surface area contributed by atoms with Crippen molar-refractivity contribution in [2.24, 2.45) is 5.41 Å². The molecule has 2 aliphatic heterocycles. The van der Waals surface area contributed by atoms with Gasteiger partial charge in [-0.1, -0.05) is 13.0 Å². The van der Waals surface area contributed by atoms with Crippen LogP contribution in [0.25, 0.3) is 11.3 Å². The Labute approximate surface area is 159 Å². The lowest BCUT2D eigenvalue weighted by Crippen LogP contribution is -2.57. The van der Waals surface area contributed by atoms with E-state index in [1.54, 1.807) is 12.4 Å². The van der Waals surface area contributed by atoms with Gasteiger partial charge < -0.3 is 4.90 Å². The summed E-state index contributed by atoms with van der Waals surface area (Å²) < 4.78 is 0. The zero-order valence-corrected chi connectivity index (χ0v) is 15.9. The molecule has 1 saturated carbocycles. The van der Waals surface area contributed by atoms with Crippen LogP contribution in [0.2, 0.25) is 0 Å². The summed E-state index contributed by atoms with van der Waals surface area (Å²) >= 11 is 0. The third-order valence-corrected chi connectivity index (χ3v) is 7.09. The van der Waals surface area contributed by atoms with Gasteiger partial charge >= 0.3 is 0 Å². The first-order chi connectivity index (χ1) is 13.1. The molecule has 3 fully saturated rings. The van der Waals surface area contributed by atoms with E-state index in [9.17, 15) is 4.79 Å². The standard InChI is InChI=1S/C21H25N5O/c1-21-9-15-12-26(19(21)8-4-7-18(21)25(15)2)20(27)17-6-3-5-16(24-17)14-10-22-13-23-11-14/h3,5-6,10-11,13,15,18-19H,4,7-9,12H2,1-2H3/t15-,18-,19+,21-/m0/s1. The van der Waals surface area contributed by atoms with Crippen LogP contribution in [-0.4, -0.2) is 62.4 Å². The van der Waals surface area contributed by atoms with E-state index in [-0.39, 0.29) is 11.3 Å². The summed E-state index contributed by atoms with van der Waals surface area (Å²) in [5, 5.41) is 0. The predicted molar refractivity (Wildman–Crippen MR) is 102 cm³/mol. The topological polar surface area (TPSA) is 62.2 Å². The number of amides is 1. The van der Waals surface area contributed by atoms with Gasteiger partial charge in [-0.3, -0.25) is 9.69 Å². The molecule has 2 saturated heterocycles. The van der Waals surface area contributed by atoms with Crippen LogP contribution in [0, 0.1) is 5.41 Å². The molecule has 1 aliphatic carbocycles. The van der Waals surface area contributed by atoms with Crippen molar-refractivity contribution in [2.45, 2.75) is 50.7 Å². The van der Waals surface area contributed by atoms with E-state index in [4.69, 9.17) is 0 Å². The minimum absolute atomic E-state index is 0.0607. The Balaban J connectivity index is 1.48. The molecule has 2 bridgehead atoms. The first-order valence-corrected chi connectivity index (χ1v) is 9.83. The maximum atomic E-state index is 13.5. The minimum atomic E-state index is 0.0607. The van der Waals surface area contributed by atoms with Crippen molar-refractivity contribution >= 4 is 5.91 Å². The van der Waals surface area contributed by atoms with E-state index in [0.29, 0.717) is 23.8 Å². The Morgan fingerprint density at radius 1 is 1.19 bits per heavy atom. The molecule has 0 unspecified atom stereocenters. The fourth-order valence-electron chi connectivity index (χ4n) is 5.81. The van der Waals surface area contributed by atoms with Gasteiger partial charge in [-0.05, 0) is 44.9 Å².